The molecule has 1 aromatic rings. The maximum Gasteiger partial charge on any atom is 0.0641 e. The predicted octanol–water partition coefficient (Wildman–Crippen LogP) is 4.10. The first-order valence-corrected chi connectivity index (χ1v) is 7.84. The predicted molar refractivity (Wildman–Crippen MR) is 80.9 cm³/mol. The molecule has 0 atom stereocenters. The van der Waals surface area contributed by atoms with E-state index in [1.165, 1.54) is 18.5 Å². The van der Waals surface area contributed by atoms with Crippen molar-refractivity contribution < 1.29 is 4.74 Å². The SMILES string of the molecule is CN(CCOCC1CC1)c1cccc(Cl)c1CBr. The molecule has 1 aliphatic rings. The molecule has 0 aliphatic heterocycles. The molecule has 0 unspecified atom stereocenters. The molecule has 4 heteroatoms. The Hall–Kier alpha value is -0.250. The van der Waals surface area contributed by atoms with Crippen molar-refractivity contribution in [1.82, 2.24) is 0 Å². The van der Waals surface area contributed by atoms with Crippen LogP contribution in [-0.2, 0) is 10.1 Å². The summed E-state index contributed by atoms with van der Waals surface area (Å²) in [4.78, 5) is 2.20. The van der Waals surface area contributed by atoms with Crippen LogP contribution in [0.2, 0.25) is 5.02 Å². The molecule has 1 saturated carbocycles. The van der Waals surface area contributed by atoms with Crippen molar-refractivity contribution >= 4 is 33.2 Å². The third-order valence-corrected chi connectivity index (χ3v) is 4.18. The van der Waals surface area contributed by atoms with E-state index in [0.717, 1.165) is 41.6 Å². The highest BCUT2D eigenvalue weighted by atomic mass is 79.9. The quantitative estimate of drug-likeness (QED) is 0.550. The molecule has 1 aromatic carbocycles. The third kappa shape index (κ3) is 3.87. The number of halogens is 2. The summed E-state index contributed by atoms with van der Waals surface area (Å²) in [6.07, 6.45) is 2.69. The van der Waals surface area contributed by atoms with Gasteiger partial charge in [-0.3, -0.25) is 0 Å². The summed E-state index contributed by atoms with van der Waals surface area (Å²) in [7, 11) is 2.08. The molecule has 1 fully saturated rings. The van der Waals surface area contributed by atoms with Gasteiger partial charge in [-0.1, -0.05) is 33.6 Å². The van der Waals surface area contributed by atoms with Gasteiger partial charge in [0.15, 0.2) is 0 Å². The summed E-state index contributed by atoms with van der Waals surface area (Å²) in [5.74, 6) is 0.833. The number of nitrogens with zero attached hydrogens (tertiary/aromatic N) is 1. The summed E-state index contributed by atoms with van der Waals surface area (Å²) in [5.41, 5.74) is 2.32. The average Bonchev–Trinajstić information content (AvgIpc) is 3.18. The van der Waals surface area contributed by atoms with Crippen LogP contribution in [0.25, 0.3) is 0 Å². The van der Waals surface area contributed by atoms with E-state index in [0.29, 0.717) is 0 Å². The van der Waals surface area contributed by atoms with Crippen molar-refractivity contribution in [3.8, 4) is 0 Å². The largest absolute Gasteiger partial charge is 0.379 e. The fourth-order valence-corrected chi connectivity index (χ4v) is 2.88. The molecule has 1 aliphatic carbocycles. The Morgan fingerprint density at radius 1 is 1.44 bits per heavy atom. The highest BCUT2D eigenvalue weighted by Gasteiger charge is 2.21. The molecule has 0 heterocycles. The molecule has 2 nitrogen and oxygen atoms in total. The topological polar surface area (TPSA) is 12.5 Å². The van der Waals surface area contributed by atoms with Crippen LogP contribution >= 0.6 is 27.5 Å². The maximum atomic E-state index is 6.20. The number of hydrogen-bond acceptors (Lipinski definition) is 2. The first-order valence-electron chi connectivity index (χ1n) is 6.34. The van der Waals surface area contributed by atoms with E-state index in [9.17, 15) is 0 Å². The molecule has 0 N–H and O–H groups in total. The molecule has 0 saturated heterocycles. The van der Waals surface area contributed by atoms with Crippen LogP contribution in [0.15, 0.2) is 18.2 Å². The number of alkyl halides is 1. The smallest absolute Gasteiger partial charge is 0.0641 e. The van der Waals surface area contributed by atoms with Crippen LogP contribution in [0.1, 0.15) is 18.4 Å². The Balaban J connectivity index is 1.86. The summed E-state index contributed by atoms with van der Waals surface area (Å²) in [6.45, 7) is 2.60. The first kappa shape index (κ1) is 14.2. The average molecular weight is 333 g/mol. The van der Waals surface area contributed by atoms with Crippen LogP contribution in [0, 0.1) is 5.92 Å². The van der Waals surface area contributed by atoms with E-state index in [2.05, 4.69) is 33.9 Å². The van der Waals surface area contributed by atoms with Crippen LogP contribution in [0.4, 0.5) is 5.69 Å². The van der Waals surface area contributed by atoms with Gasteiger partial charge in [0.1, 0.15) is 0 Å². The van der Waals surface area contributed by atoms with Crippen molar-refractivity contribution in [3.05, 3.63) is 28.8 Å². The Morgan fingerprint density at radius 3 is 2.89 bits per heavy atom. The molecule has 100 valence electrons. The summed E-state index contributed by atoms with van der Waals surface area (Å²) in [6, 6.07) is 6.02. The van der Waals surface area contributed by atoms with Gasteiger partial charge >= 0.3 is 0 Å². The van der Waals surface area contributed by atoms with Gasteiger partial charge in [0.25, 0.3) is 0 Å². The van der Waals surface area contributed by atoms with Gasteiger partial charge in [-0.2, -0.15) is 0 Å². The molecular formula is C14H19BrClNO. The number of benzene rings is 1. The Labute approximate surface area is 122 Å². The minimum Gasteiger partial charge on any atom is -0.379 e. The molecule has 0 radical (unpaired) electrons. The lowest BCUT2D eigenvalue weighted by molar-refractivity contribution is 0.131. The number of rotatable bonds is 7. The molecule has 0 bridgehead atoms. The van der Waals surface area contributed by atoms with Gasteiger partial charge in [-0.05, 0) is 30.9 Å². The zero-order chi connectivity index (χ0) is 13.0. The lowest BCUT2D eigenvalue weighted by Gasteiger charge is -2.22. The highest BCUT2D eigenvalue weighted by molar-refractivity contribution is 9.08. The second-order valence-corrected chi connectivity index (χ2v) is 5.78. The molecule has 2 rings (SSSR count). The van der Waals surface area contributed by atoms with E-state index in [1.54, 1.807) is 0 Å². The molecule has 0 spiro atoms. The maximum absolute atomic E-state index is 6.20. The van der Waals surface area contributed by atoms with Crippen LogP contribution in [-0.4, -0.2) is 26.8 Å². The van der Waals surface area contributed by atoms with Gasteiger partial charge in [0, 0.05) is 41.8 Å². The monoisotopic (exact) mass is 331 g/mol. The second-order valence-electron chi connectivity index (χ2n) is 4.81. The van der Waals surface area contributed by atoms with Crippen molar-refractivity contribution in [2.75, 3.05) is 31.7 Å². The third-order valence-electron chi connectivity index (χ3n) is 3.26. The lowest BCUT2D eigenvalue weighted by Crippen LogP contribution is -2.24. The van der Waals surface area contributed by atoms with Crippen LogP contribution in [0.3, 0.4) is 0 Å². The van der Waals surface area contributed by atoms with Crippen molar-refractivity contribution in [1.29, 1.82) is 0 Å². The van der Waals surface area contributed by atoms with Crippen molar-refractivity contribution in [2.24, 2.45) is 5.92 Å². The van der Waals surface area contributed by atoms with Crippen molar-refractivity contribution in [2.45, 2.75) is 18.2 Å². The fraction of sp³-hybridized carbons (Fsp3) is 0.571. The van der Waals surface area contributed by atoms with Gasteiger partial charge in [0.05, 0.1) is 6.61 Å². The minimum absolute atomic E-state index is 0.773. The van der Waals surface area contributed by atoms with Gasteiger partial charge < -0.3 is 9.64 Å². The molecule has 0 amide bonds. The van der Waals surface area contributed by atoms with E-state index in [1.807, 2.05) is 12.1 Å². The molecule has 18 heavy (non-hydrogen) atoms. The van der Waals surface area contributed by atoms with E-state index >= 15 is 0 Å². The summed E-state index contributed by atoms with van der Waals surface area (Å²) in [5, 5.41) is 1.59. The second kappa shape index (κ2) is 6.78. The zero-order valence-corrected chi connectivity index (χ0v) is 13.0. The van der Waals surface area contributed by atoms with Crippen molar-refractivity contribution in [3.63, 3.8) is 0 Å². The molecular weight excluding hydrogens is 314 g/mol. The normalized spacial score (nSPS) is 14.8. The zero-order valence-electron chi connectivity index (χ0n) is 10.7. The number of ether oxygens (including phenoxy) is 1. The Kier molecular flexibility index (Phi) is 5.34. The number of likely N-dealkylation sites (N-methyl/N-ethyl adjacent to an activating group) is 1. The minimum atomic E-state index is 0.773. The van der Waals surface area contributed by atoms with E-state index in [-0.39, 0.29) is 0 Å². The van der Waals surface area contributed by atoms with E-state index in [4.69, 9.17) is 16.3 Å². The van der Waals surface area contributed by atoms with E-state index < -0.39 is 0 Å². The van der Waals surface area contributed by atoms with Crippen LogP contribution in [0.5, 0.6) is 0 Å². The van der Waals surface area contributed by atoms with Crippen LogP contribution < -0.4 is 4.90 Å². The van der Waals surface area contributed by atoms with Gasteiger partial charge in [-0.15, -0.1) is 0 Å². The number of anilines is 1. The standard InChI is InChI=1S/C14H19BrClNO/c1-17(7-8-18-10-11-5-6-11)14-4-2-3-13(16)12(14)9-15/h2-4,11H,5-10H2,1H3. The summed E-state index contributed by atoms with van der Waals surface area (Å²) >= 11 is 9.69. The Morgan fingerprint density at radius 2 is 2.22 bits per heavy atom. The molecule has 0 aromatic heterocycles. The first-order chi connectivity index (χ1) is 8.72. The summed E-state index contributed by atoms with van der Waals surface area (Å²) < 4.78 is 5.67. The van der Waals surface area contributed by atoms with Gasteiger partial charge in [0.2, 0.25) is 0 Å². The number of hydrogen-bond donors (Lipinski definition) is 0. The fourth-order valence-electron chi connectivity index (χ4n) is 1.89. The van der Waals surface area contributed by atoms with Gasteiger partial charge in [-0.25, -0.2) is 0 Å². The highest BCUT2D eigenvalue weighted by Crippen LogP contribution is 2.30. The Bertz CT molecular complexity index is 395. The lowest BCUT2D eigenvalue weighted by atomic mass is 10.2.